The molecule has 2 amide bonds. The number of rotatable bonds is 10. The molecule has 0 spiro atoms. The summed E-state index contributed by atoms with van der Waals surface area (Å²) < 4.78 is 5.49. The van der Waals surface area contributed by atoms with E-state index in [4.69, 9.17) is 10.5 Å². The molecular weight excluding hydrogens is 376 g/mol. The second-order valence-corrected chi connectivity index (χ2v) is 7.17. The summed E-state index contributed by atoms with van der Waals surface area (Å²) in [6.45, 7) is 1.79. The van der Waals surface area contributed by atoms with Crippen LogP contribution >= 0.6 is 0 Å². The van der Waals surface area contributed by atoms with Crippen molar-refractivity contribution in [2.24, 2.45) is 5.73 Å². The van der Waals surface area contributed by atoms with Crippen LogP contribution in [0, 0.1) is 0 Å². The Morgan fingerprint density at radius 1 is 1.21 bits per heavy atom. The fourth-order valence-electron chi connectivity index (χ4n) is 3.16. The molecule has 1 heterocycles. The minimum absolute atomic E-state index is 0.128. The molecule has 0 fully saturated rings. The number of benzene rings is 1. The van der Waals surface area contributed by atoms with Crippen LogP contribution in [-0.2, 0) is 14.3 Å². The van der Waals surface area contributed by atoms with Gasteiger partial charge in [-0.2, -0.15) is 0 Å². The first-order valence-electron chi connectivity index (χ1n) is 9.76. The SMILES string of the molecule is CC(CCCCCC(O)C(N)=O)OC(=O)C1CC=CN1C(=O)c1ccccc1O. The molecule has 0 saturated carbocycles. The van der Waals surface area contributed by atoms with Gasteiger partial charge in [0.1, 0.15) is 17.9 Å². The molecule has 3 unspecified atom stereocenters. The largest absolute Gasteiger partial charge is 0.507 e. The van der Waals surface area contributed by atoms with Gasteiger partial charge in [0.2, 0.25) is 5.91 Å². The number of amides is 2. The van der Waals surface area contributed by atoms with E-state index in [0.29, 0.717) is 25.7 Å². The summed E-state index contributed by atoms with van der Waals surface area (Å²) in [4.78, 5) is 37.3. The van der Waals surface area contributed by atoms with Gasteiger partial charge in [-0.25, -0.2) is 4.79 Å². The quantitative estimate of drug-likeness (QED) is 0.403. The smallest absolute Gasteiger partial charge is 0.329 e. The molecule has 158 valence electrons. The molecule has 8 nitrogen and oxygen atoms in total. The Labute approximate surface area is 169 Å². The van der Waals surface area contributed by atoms with Crippen molar-refractivity contribution in [2.45, 2.75) is 63.7 Å². The van der Waals surface area contributed by atoms with Gasteiger partial charge in [0.15, 0.2) is 0 Å². The van der Waals surface area contributed by atoms with Crippen molar-refractivity contribution in [3.05, 3.63) is 42.1 Å². The van der Waals surface area contributed by atoms with Crippen LogP contribution in [0.5, 0.6) is 5.75 Å². The molecule has 4 N–H and O–H groups in total. The fourth-order valence-corrected chi connectivity index (χ4v) is 3.16. The number of unbranched alkanes of at least 4 members (excludes halogenated alkanes) is 2. The summed E-state index contributed by atoms with van der Waals surface area (Å²) in [5.74, 6) is -1.81. The molecule has 0 bridgehead atoms. The fraction of sp³-hybridized carbons (Fsp3) is 0.476. The lowest BCUT2D eigenvalue weighted by Gasteiger charge is -2.24. The summed E-state index contributed by atoms with van der Waals surface area (Å²) >= 11 is 0. The average Bonchev–Trinajstić information content (AvgIpc) is 3.17. The van der Waals surface area contributed by atoms with Gasteiger partial charge in [0.25, 0.3) is 5.91 Å². The molecule has 0 saturated heterocycles. The van der Waals surface area contributed by atoms with Crippen molar-refractivity contribution < 1.29 is 29.3 Å². The topological polar surface area (TPSA) is 130 Å². The normalized spacial score (nSPS) is 17.7. The Morgan fingerprint density at radius 2 is 1.90 bits per heavy atom. The second kappa shape index (κ2) is 10.6. The van der Waals surface area contributed by atoms with E-state index in [-0.39, 0.29) is 17.4 Å². The van der Waals surface area contributed by atoms with Crippen LogP contribution in [0.3, 0.4) is 0 Å². The third kappa shape index (κ3) is 6.32. The van der Waals surface area contributed by atoms with E-state index in [9.17, 15) is 24.6 Å². The standard InChI is InChI=1S/C21H28N2O6/c1-14(8-3-2-4-12-18(25)19(22)26)29-21(28)16-10-7-13-23(16)20(27)15-9-5-6-11-17(15)24/h5-7,9,11,13-14,16,18,24-25H,2-4,8,10,12H2,1H3,(H2,22,26). The first-order chi connectivity index (χ1) is 13.8. The Balaban J connectivity index is 1.80. The predicted octanol–water partition coefficient (Wildman–Crippen LogP) is 1.85. The number of para-hydroxylation sites is 1. The van der Waals surface area contributed by atoms with Crippen LogP contribution in [0.4, 0.5) is 0 Å². The van der Waals surface area contributed by atoms with E-state index in [1.54, 1.807) is 25.1 Å². The number of hydrogen-bond acceptors (Lipinski definition) is 6. The number of nitrogens with two attached hydrogens (primary N) is 1. The number of carbonyl (C=O) groups is 3. The monoisotopic (exact) mass is 404 g/mol. The zero-order valence-electron chi connectivity index (χ0n) is 16.5. The number of aliphatic hydroxyl groups excluding tert-OH is 1. The number of esters is 1. The van der Waals surface area contributed by atoms with Gasteiger partial charge >= 0.3 is 5.97 Å². The minimum Gasteiger partial charge on any atom is -0.507 e. The van der Waals surface area contributed by atoms with E-state index in [0.717, 1.165) is 12.8 Å². The molecule has 1 aliphatic rings. The Kier molecular flexibility index (Phi) is 8.21. The summed E-state index contributed by atoms with van der Waals surface area (Å²) in [6, 6.07) is 5.43. The molecule has 3 atom stereocenters. The number of aromatic hydroxyl groups is 1. The number of phenols is 1. The number of hydrogen-bond donors (Lipinski definition) is 3. The summed E-state index contributed by atoms with van der Waals surface area (Å²) in [6.07, 6.45) is 5.31. The van der Waals surface area contributed by atoms with E-state index >= 15 is 0 Å². The predicted molar refractivity (Wildman–Crippen MR) is 106 cm³/mol. The molecule has 29 heavy (non-hydrogen) atoms. The van der Waals surface area contributed by atoms with Crippen molar-refractivity contribution in [1.29, 1.82) is 0 Å². The maximum absolute atomic E-state index is 12.7. The molecule has 1 aromatic carbocycles. The molecule has 0 aliphatic carbocycles. The lowest BCUT2D eigenvalue weighted by Crippen LogP contribution is -2.40. The van der Waals surface area contributed by atoms with Crippen LogP contribution in [0.25, 0.3) is 0 Å². The van der Waals surface area contributed by atoms with Gasteiger partial charge in [0, 0.05) is 6.20 Å². The molecule has 8 heteroatoms. The van der Waals surface area contributed by atoms with Crippen molar-refractivity contribution in [3.63, 3.8) is 0 Å². The maximum atomic E-state index is 12.7. The highest BCUT2D eigenvalue weighted by molar-refractivity contribution is 6.00. The van der Waals surface area contributed by atoms with Crippen molar-refractivity contribution in [2.75, 3.05) is 0 Å². The van der Waals surface area contributed by atoms with Crippen LogP contribution in [0.1, 0.15) is 55.8 Å². The molecular formula is C21H28N2O6. The average molecular weight is 404 g/mol. The summed E-state index contributed by atoms with van der Waals surface area (Å²) in [7, 11) is 0. The summed E-state index contributed by atoms with van der Waals surface area (Å²) in [5, 5.41) is 19.2. The Hall–Kier alpha value is -2.87. The van der Waals surface area contributed by atoms with Gasteiger partial charge in [-0.15, -0.1) is 0 Å². The molecule has 1 aromatic rings. The minimum atomic E-state index is -1.12. The number of primary amides is 1. The lowest BCUT2D eigenvalue weighted by molar-refractivity contribution is -0.152. The second-order valence-electron chi connectivity index (χ2n) is 7.17. The van der Waals surface area contributed by atoms with Crippen molar-refractivity contribution in [3.8, 4) is 5.75 Å². The summed E-state index contributed by atoms with van der Waals surface area (Å²) in [5.41, 5.74) is 5.13. The Morgan fingerprint density at radius 3 is 2.59 bits per heavy atom. The van der Waals surface area contributed by atoms with E-state index in [1.165, 1.54) is 23.2 Å². The number of phenolic OH excluding ortho intramolecular Hbond substituents is 1. The van der Waals surface area contributed by atoms with E-state index in [1.807, 2.05) is 0 Å². The van der Waals surface area contributed by atoms with Gasteiger partial charge in [-0.05, 0) is 44.7 Å². The highest BCUT2D eigenvalue weighted by Gasteiger charge is 2.34. The molecule has 0 aromatic heterocycles. The van der Waals surface area contributed by atoms with Crippen LogP contribution < -0.4 is 5.73 Å². The maximum Gasteiger partial charge on any atom is 0.329 e. The Bertz CT molecular complexity index is 763. The molecule has 2 rings (SSSR count). The number of carbonyl (C=O) groups excluding carboxylic acids is 3. The van der Waals surface area contributed by atoms with Crippen molar-refractivity contribution in [1.82, 2.24) is 4.90 Å². The third-order valence-electron chi connectivity index (χ3n) is 4.84. The number of ether oxygens (including phenoxy) is 1. The van der Waals surface area contributed by atoms with Gasteiger partial charge in [-0.3, -0.25) is 9.59 Å². The van der Waals surface area contributed by atoms with Crippen molar-refractivity contribution >= 4 is 17.8 Å². The van der Waals surface area contributed by atoms with Gasteiger partial charge in [0.05, 0.1) is 11.7 Å². The first-order valence-corrected chi connectivity index (χ1v) is 9.76. The third-order valence-corrected chi connectivity index (χ3v) is 4.84. The van der Waals surface area contributed by atoms with Crippen LogP contribution in [-0.4, -0.2) is 51.1 Å². The first kappa shape index (κ1) is 22.4. The van der Waals surface area contributed by atoms with E-state index < -0.39 is 29.9 Å². The van der Waals surface area contributed by atoms with Crippen LogP contribution in [0.2, 0.25) is 0 Å². The van der Waals surface area contributed by atoms with E-state index in [2.05, 4.69) is 0 Å². The molecule has 0 radical (unpaired) electrons. The highest BCUT2D eigenvalue weighted by Crippen LogP contribution is 2.24. The van der Waals surface area contributed by atoms with Gasteiger partial charge in [-0.1, -0.05) is 31.1 Å². The lowest BCUT2D eigenvalue weighted by atomic mass is 10.1. The zero-order valence-corrected chi connectivity index (χ0v) is 16.5. The molecule has 1 aliphatic heterocycles. The number of nitrogens with zero attached hydrogens (tertiary/aromatic N) is 1. The van der Waals surface area contributed by atoms with Crippen LogP contribution in [0.15, 0.2) is 36.5 Å². The zero-order chi connectivity index (χ0) is 21.4. The van der Waals surface area contributed by atoms with Gasteiger partial charge < -0.3 is 25.6 Å². The highest BCUT2D eigenvalue weighted by atomic mass is 16.5. The number of aliphatic hydroxyl groups is 1.